The van der Waals surface area contributed by atoms with Crippen LogP contribution in [0.2, 0.25) is 0 Å². The lowest BCUT2D eigenvalue weighted by Crippen LogP contribution is -2.38. The molecule has 6 rings (SSSR count). The van der Waals surface area contributed by atoms with Gasteiger partial charge in [-0.15, -0.1) is 11.3 Å². The van der Waals surface area contributed by atoms with Gasteiger partial charge in [0.05, 0.1) is 16.3 Å². The molecule has 9 heteroatoms. The van der Waals surface area contributed by atoms with Crippen LogP contribution in [0.15, 0.2) is 78.2 Å². The Morgan fingerprint density at radius 2 is 1.61 bits per heavy atom. The molecule has 1 amide bonds. The number of benzene rings is 3. The highest BCUT2D eigenvalue weighted by molar-refractivity contribution is 7.10. The Hall–Kier alpha value is -4.24. The maximum Gasteiger partial charge on any atom is 0.416 e. The molecule has 3 aromatic carbocycles. The highest BCUT2D eigenvalue weighted by Gasteiger charge is 2.31. The van der Waals surface area contributed by atoms with Crippen LogP contribution in [0, 0.1) is 13.8 Å². The number of amides is 1. The van der Waals surface area contributed by atoms with E-state index in [4.69, 9.17) is 9.97 Å². The van der Waals surface area contributed by atoms with Crippen molar-refractivity contribution < 1.29 is 18.0 Å². The molecular weight excluding hydrogens is 581 g/mol. The molecule has 2 aromatic heterocycles. The maximum atomic E-state index is 13.7. The second kappa shape index (κ2) is 12.0. The molecule has 1 aliphatic heterocycles. The van der Waals surface area contributed by atoms with Crippen molar-refractivity contribution in [1.82, 2.24) is 19.4 Å². The number of thiazole rings is 1. The molecule has 1 aliphatic rings. The van der Waals surface area contributed by atoms with Gasteiger partial charge in [-0.2, -0.15) is 13.2 Å². The predicted molar refractivity (Wildman–Crippen MR) is 169 cm³/mol. The summed E-state index contributed by atoms with van der Waals surface area (Å²) in [5.74, 6) is 1.01. The SMILES string of the molecule is CCn1c(-c2csc(C3CCN(C(=O)c4cccc(C)c4-c4ccc(C(F)(F)F)cc4)CC3)n2)nc(-c2ccccc2)c1C. The van der Waals surface area contributed by atoms with Gasteiger partial charge >= 0.3 is 6.18 Å². The van der Waals surface area contributed by atoms with Gasteiger partial charge in [-0.05, 0) is 68.5 Å². The van der Waals surface area contributed by atoms with Crippen LogP contribution in [0.4, 0.5) is 13.2 Å². The molecule has 44 heavy (non-hydrogen) atoms. The second-order valence-electron chi connectivity index (χ2n) is 11.2. The van der Waals surface area contributed by atoms with E-state index in [0.717, 1.165) is 70.6 Å². The molecule has 0 atom stereocenters. The molecule has 0 radical (unpaired) electrons. The number of aryl methyl sites for hydroxylation is 1. The molecule has 0 saturated carbocycles. The number of nitrogens with zero attached hydrogens (tertiary/aromatic N) is 4. The van der Waals surface area contributed by atoms with Crippen LogP contribution in [0.1, 0.15) is 57.9 Å². The second-order valence-corrected chi connectivity index (χ2v) is 12.1. The molecule has 226 valence electrons. The Bertz CT molecular complexity index is 1780. The van der Waals surface area contributed by atoms with Crippen molar-refractivity contribution >= 4 is 17.2 Å². The zero-order valence-corrected chi connectivity index (χ0v) is 25.7. The van der Waals surface area contributed by atoms with E-state index in [1.165, 1.54) is 12.1 Å². The van der Waals surface area contributed by atoms with Gasteiger partial charge in [0.25, 0.3) is 5.91 Å². The summed E-state index contributed by atoms with van der Waals surface area (Å²) in [6.07, 6.45) is -2.83. The van der Waals surface area contributed by atoms with Crippen molar-refractivity contribution in [3.05, 3.63) is 106 Å². The van der Waals surface area contributed by atoms with Gasteiger partial charge in [-0.1, -0.05) is 54.6 Å². The third-order valence-corrected chi connectivity index (χ3v) is 9.48. The largest absolute Gasteiger partial charge is 0.416 e. The number of halogens is 3. The van der Waals surface area contributed by atoms with E-state index in [0.29, 0.717) is 29.8 Å². The van der Waals surface area contributed by atoms with Crippen molar-refractivity contribution in [1.29, 1.82) is 0 Å². The molecule has 1 saturated heterocycles. The van der Waals surface area contributed by atoms with Crippen LogP contribution in [0.3, 0.4) is 0 Å². The summed E-state index contributed by atoms with van der Waals surface area (Å²) in [6.45, 7) is 8.05. The summed E-state index contributed by atoms with van der Waals surface area (Å²) in [5, 5.41) is 3.14. The quantitative estimate of drug-likeness (QED) is 0.192. The highest BCUT2D eigenvalue weighted by atomic mass is 32.1. The Morgan fingerprint density at radius 3 is 2.27 bits per heavy atom. The molecule has 1 fully saturated rings. The molecule has 5 nitrogen and oxygen atoms in total. The van der Waals surface area contributed by atoms with E-state index in [1.807, 2.05) is 42.2 Å². The number of carbonyl (C=O) groups excluding carboxylic acids is 1. The van der Waals surface area contributed by atoms with E-state index in [2.05, 4.69) is 35.9 Å². The standard InChI is InChI=1S/C35H33F3N4OS/c1-4-42-23(3)31(25-10-6-5-7-11-25)40-32(42)29-21-44-33(39-29)26-17-19-41(20-18-26)34(43)28-12-8-9-22(2)30(28)24-13-15-27(16-14-24)35(36,37)38/h5-16,21,26H,4,17-20H2,1-3H3. The Balaban J connectivity index is 1.18. The maximum absolute atomic E-state index is 13.7. The average Bonchev–Trinajstić information content (AvgIpc) is 3.65. The molecule has 3 heterocycles. The number of hydrogen-bond acceptors (Lipinski definition) is 4. The fourth-order valence-electron chi connectivity index (χ4n) is 6.12. The number of aromatic nitrogens is 3. The van der Waals surface area contributed by atoms with Crippen LogP contribution in [0.25, 0.3) is 33.9 Å². The van der Waals surface area contributed by atoms with Crippen molar-refractivity contribution in [3.8, 4) is 33.9 Å². The van der Waals surface area contributed by atoms with E-state index < -0.39 is 11.7 Å². The lowest BCUT2D eigenvalue weighted by Gasteiger charge is -2.32. The van der Waals surface area contributed by atoms with Crippen molar-refractivity contribution in [2.24, 2.45) is 0 Å². The molecule has 0 aliphatic carbocycles. The zero-order valence-electron chi connectivity index (χ0n) is 24.9. The first-order chi connectivity index (χ1) is 21.2. The van der Waals surface area contributed by atoms with Crippen molar-refractivity contribution in [2.45, 2.75) is 52.3 Å². The van der Waals surface area contributed by atoms with Gasteiger partial charge in [0.15, 0.2) is 5.82 Å². The zero-order chi connectivity index (χ0) is 31.0. The third kappa shape index (κ3) is 5.68. The Labute approximate surface area is 259 Å². The smallest absolute Gasteiger partial charge is 0.339 e. The first-order valence-corrected chi connectivity index (χ1v) is 15.7. The van der Waals surface area contributed by atoms with Gasteiger partial charge in [-0.3, -0.25) is 4.79 Å². The number of imidazole rings is 1. The van der Waals surface area contributed by atoms with Crippen LogP contribution in [-0.2, 0) is 12.7 Å². The molecule has 0 unspecified atom stereocenters. The van der Waals surface area contributed by atoms with Gasteiger partial charge in [0.2, 0.25) is 0 Å². The van der Waals surface area contributed by atoms with Crippen LogP contribution in [0.5, 0.6) is 0 Å². The number of carbonyl (C=O) groups is 1. The van der Waals surface area contributed by atoms with E-state index in [-0.39, 0.29) is 11.8 Å². The number of piperidine rings is 1. The van der Waals surface area contributed by atoms with Gasteiger partial charge < -0.3 is 9.47 Å². The first kappa shape index (κ1) is 29.8. The fraction of sp³-hybridized carbons (Fsp3) is 0.286. The summed E-state index contributed by atoms with van der Waals surface area (Å²) in [6, 6.07) is 20.7. The minimum Gasteiger partial charge on any atom is -0.339 e. The topological polar surface area (TPSA) is 51.0 Å². The Kier molecular flexibility index (Phi) is 8.16. The summed E-state index contributed by atoms with van der Waals surface area (Å²) in [4.78, 5) is 25.6. The normalized spacial score (nSPS) is 14.3. The van der Waals surface area contributed by atoms with E-state index >= 15 is 0 Å². The summed E-state index contributed by atoms with van der Waals surface area (Å²) in [5.41, 5.74) is 5.96. The van der Waals surface area contributed by atoms with Gasteiger partial charge in [0.1, 0.15) is 5.69 Å². The Morgan fingerprint density at radius 1 is 0.909 bits per heavy atom. The lowest BCUT2D eigenvalue weighted by atomic mass is 9.92. The van der Waals surface area contributed by atoms with E-state index in [9.17, 15) is 18.0 Å². The minimum absolute atomic E-state index is 0.101. The van der Waals surface area contributed by atoms with Gasteiger partial charge in [-0.25, -0.2) is 9.97 Å². The predicted octanol–water partition coefficient (Wildman–Crippen LogP) is 9.02. The number of alkyl halides is 3. The molecule has 0 N–H and O–H groups in total. The highest BCUT2D eigenvalue weighted by Crippen LogP contribution is 2.37. The molecule has 5 aromatic rings. The monoisotopic (exact) mass is 614 g/mol. The summed E-state index contributed by atoms with van der Waals surface area (Å²) < 4.78 is 41.6. The van der Waals surface area contributed by atoms with E-state index in [1.54, 1.807) is 17.4 Å². The van der Waals surface area contributed by atoms with Gasteiger partial charge in [0, 0.05) is 47.8 Å². The molecular formula is C35H33F3N4OS. The van der Waals surface area contributed by atoms with Crippen LogP contribution in [-0.4, -0.2) is 38.4 Å². The first-order valence-electron chi connectivity index (χ1n) is 14.8. The van der Waals surface area contributed by atoms with Crippen molar-refractivity contribution in [3.63, 3.8) is 0 Å². The molecule has 0 bridgehead atoms. The number of likely N-dealkylation sites (tertiary alicyclic amines) is 1. The lowest BCUT2D eigenvalue weighted by molar-refractivity contribution is -0.137. The van der Waals surface area contributed by atoms with Crippen molar-refractivity contribution in [2.75, 3.05) is 13.1 Å². The average molecular weight is 615 g/mol. The summed E-state index contributed by atoms with van der Waals surface area (Å²) >= 11 is 1.64. The van der Waals surface area contributed by atoms with Crippen LogP contribution >= 0.6 is 11.3 Å². The minimum atomic E-state index is -4.41. The molecule has 0 spiro atoms. The number of hydrogen-bond donors (Lipinski definition) is 0. The third-order valence-electron chi connectivity index (χ3n) is 8.47. The summed E-state index contributed by atoms with van der Waals surface area (Å²) in [7, 11) is 0. The fourth-order valence-corrected chi connectivity index (χ4v) is 7.09. The van der Waals surface area contributed by atoms with Crippen LogP contribution < -0.4 is 0 Å². The number of rotatable bonds is 6.